The lowest BCUT2D eigenvalue weighted by Crippen LogP contribution is -2.26. The van der Waals surface area contributed by atoms with Crippen molar-refractivity contribution < 1.29 is 10.2 Å². The summed E-state index contributed by atoms with van der Waals surface area (Å²) in [5, 5.41) is 21.2. The van der Waals surface area contributed by atoms with E-state index in [1.807, 2.05) is 23.5 Å². The van der Waals surface area contributed by atoms with Gasteiger partial charge in [-0.3, -0.25) is 0 Å². The molecule has 3 N–H and O–H groups in total. The van der Waals surface area contributed by atoms with E-state index in [4.69, 9.17) is 10.2 Å². The van der Waals surface area contributed by atoms with Gasteiger partial charge in [-0.25, -0.2) is 0 Å². The average Bonchev–Trinajstić information content (AvgIpc) is 2.64. The normalized spacial score (nSPS) is 28.3. The molecule has 0 amide bonds. The van der Waals surface area contributed by atoms with Crippen molar-refractivity contribution in [3.63, 3.8) is 0 Å². The summed E-state index contributed by atoms with van der Waals surface area (Å²) in [4.78, 5) is 0. The maximum atomic E-state index is 9.07. The van der Waals surface area contributed by atoms with Gasteiger partial charge in [0, 0.05) is 30.3 Å². The molecule has 0 aromatic heterocycles. The molecule has 112 valence electrons. The molecule has 2 saturated heterocycles. The highest BCUT2D eigenvalue weighted by molar-refractivity contribution is 7.99. The Labute approximate surface area is 122 Å². The minimum atomic E-state index is -0.123. The average molecular weight is 298 g/mol. The Morgan fingerprint density at radius 3 is 2.33 bits per heavy atom. The molecule has 0 aromatic rings. The fraction of sp³-hybridized carbons (Fsp3) is 1.00. The maximum absolute atomic E-state index is 9.07. The van der Waals surface area contributed by atoms with Crippen molar-refractivity contribution >= 4 is 23.5 Å². The van der Waals surface area contributed by atoms with Crippen LogP contribution >= 0.6 is 23.5 Å². The van der Waals surface area contributed by atoms with Crippen LogP contribution in [-0.2, 0) is 0 Å². The molecule has 3 nitrogen and oxygen atoms in total. The van der Waals surface area contributed by atoms with E-state index in [2.05, 4.69) is 5.32 Å². The molecule has 2 rings (SSSR count). The molecule has 18 heavy (non-hydrogen) atoms. The van der Waals surface area contributed by atoms with Crippen LogP contribution in [0.3, 0.4) is 0 Å². The van der Waals surface area contributed by atoms with Gasteiger partial charge in [0.25, 0.3) is 0 Å². The van der Waals surface area contributed by atoms with E-state index < -0.39 is 0 Å². The SMILES string of the molecule is C.C.OC1CCCCSC1.OC1CNCCSC1. The summed E-state index contributed by atoms with van der Waals surface area (Å²) in [6.45, 7) is 1.81. The molecule has 0 bridgehead atoms. The van der Waals surface area contributed by atoms with E-state index in [0.717, 1.165) is 36.8 Å². The molecule has 2 unspecified atom stereocenters. The summed E-state index contributed by atoms with van der Waals surface area (Å²) < 4.78 is 0. The minimum Gasteiger partial charge on any atom is -0.392 e. The van der Waals surface area contributed by atoms with Gasteiger partial charge >= 0.3 is 0 Å². The van der Waals surface area contributed by atoms with Gasteiger partial charge in [-0.1, -0.05) is 21.3 Å². The lowest BCUT2D eigenvalue weighted by molar-refractivity contribution is 0.188. The molecule has 0 aromatic carbocycles. The van der Waals surface area contributed by atoms with E-state index in [9.17, 15) is 0 Å². The van der Waals surface area contributed by atoms with Crippen molar-refractivity contribution in [1.29, 1.82) is 0 Å². The third-order valence-electron chi connectivity index (χ3n) is 2.50. The Kier molecular flexibility index (Phi) is 16.2. The summed E-state index contributed by atoms with van der Waals surface area (Å²) in [7, 11) is 0. The van der Waals surface area contributed by atoms with E-state index in [0.29, 0.717) is 0 Å². The first kappa shape index (κ1) is 20.9. The number of aliphatic hydroxyl groups excluding tert-OH is 2. The first-order valence-electron chi connectivity index (χ1n) is 6.01. The van der Waals surface area contributed by atoms with E-state index in [-0.39, 0.29) is 27.1 Å². The van der Waals surface area contributed by atoms with Crippen LogP contribution in [0.2, 0.25) is 0 Å². The van der Waals surface area contributed by atoms with Crippen LogP contribution in [0, 0.1) is 0 Å². The fourth-order valence-electron chi connectivity index (χ4n) is 1.58. The Bertz CT molecular complexity index is 139. The highest BCUT2D eigenvalue weighted by atomic mass is 32.2. The van der Waals surface area contributed by atoms with Gasteiger partial charge in [0.2, 0.25) is 0 Å². The van der Waals surface area contributed by atoms with Crippen molar-refractivity contribution in [3.05, 3.63) is 0 Å². The molecule has 0 spiro atoms. The molecule has 0 radical (unpaired) electrons. The van der Waals surface area contributed by atoms with Gasteiger partial charge in [0.15, 0.2) is 0 Å². The number of hydrogen-bond acceptors (Lipinski definition) is 5. The number of β-amino-alcohol motifs (C(OH)–C–C–N with tert-alkyl or cyclic N) is 1. The number of aliphatic hydroxyl groups is 2. The zero-order valence-corrected chi connectivity index (χ0v) is 11.4. The standard InChI is InChI=1S/C6H12OS.C5H11NOS.2CH4/c7-6-3-1-2-4-8-5-6;7-5-3-6-1-2-8-4-5;;/h6-7H,1-5H2;5-7H,1-4H2;2*1H4. The van der Waals surface area contributed by atoms with Gasteiger partial charge in [-0.15, -0.1) is 0 Å². The molecule has 2 atom stereocenters. The van der Waals surface area contributed by atoms with Crippen molar-refractivity contribution in [3.8, 4) is 0 Å². The second-order valence-electron chi connectivity index (χ2n) is 4.16. The number of rotatable bonds is 0. The fourth-order valence-corrected chi connectivity index (χ4v) is 3.44. The third-order valence-corrected chi connectivity index (χ3v) is 4.81. The smallest absolute Gasteiger partial charge is 0.0754 e. The van der Waals surface area contributed by atoms with Crippen LogP contribution in [0.15, 0.2) is 0 Å². The largest absolute Gasteiger partial charge is 0.392 e. The molecule has 0 aliphatic carbocycles. The molecule has 0 saturated carbocycles. The van der Waals surface area contributed by atoms with Crippen LogP contribution in [0.1, 0.15) is 34.1 Å². The summed E-state index contributed by atoms with van der Waals surface area (Å²) in [5.41, 5.74) is 0. The molecule has 5 heteroatoms. The maximum Gasteiger partial charge on any atom is 0.0754 e. The highest BCUT2D eigenvalue weighted by Gasteiger charge is 2.07. The first-order valence-corrected chi connectivity index (χ1v) is 8.32. The second kappa shape index (κ2) is 14.0. The zero-order valence-electron chi connectivity index (χ0n) is 9.73. The van der Waals surface area contributed by atoms with E-state index in [1.54, 1.807) is 0 Å². The van der Waals surface area contributed by atoms with E-state index >= 15 is 0 Å². The van der Waals surface area contributed by atoms with Crippen LogP contribution in [0.25, 0.3) is 0 Å². The lowest BCUT2D eigenvalue weighted by atomic mass is 10.2. The van der Waals surface area contributed by atoms with Crippen LogP contribution in [-0.4, -0.2) is 58.5 Å². The summed E-state index contributed by atoms with van der Waals surface area (Å²) in [6, 6.07) is 0. The van der Waals surface area contributed by atoms with Crippen LogP contribution in [0.5, 0.6) is 0 Å². The number of hydrogen-bond donors (Lipinski definition) is 3. The Hall–Kier alpha value is 0.580. The highest BCUT2D eigenvalue weighted by Crippen LogP contribution is 2.15. The van der Waals surface area contributed by atoms with Crippen molar-refractivity contribution in [2.45, 2.75) is 46.3 Å². The Morgan fingerprint density at radius 1 is 0.889 bits per heavy atom. The molecular formula is C13H31NO2S2. The molecule has 2 aliphatic rings. The molecule has 2 aliphatic heterocycles. The predicted octanol–water partition coefficient (Wildman–Crippen LogP) is 2.22. The third kappa shape index (κ3) is 11.7. The summed E-state index contributed by atoms with van der Waals surface area (Å²) in [6.07, 6.45) is 3.40. The predicted molar refractivity (Wildman–Crippen MR) is 86.8 cm³/mol. The van der Waals surface area contributed by atoms with Crippen molar-refractivity contribution in [1.82, 2.24) is 5.32 Å². The number of nitrogens with one attached hydrogen (secondary N) is 1. The summed E-state index contributed by atoms with van der Waals surface area (Å²) >= 11 is 3.69. The second-order valence-corrected chi connectivity index (χ2v) is 6.46. The Morgan fingerprint density at radius 2 is 1.56 bits per heavy atom. The van der Waals surface area contributed by atoms with Gasteiger partial charge in [0.05, 0.1) is 12.2 Å². The van der Waals surface area contributed by atoms with Crippen LogP contribution < -0.4 is 5.32 Å². The Balaban J connectivity index is 0. The summed E-state index contributed by atoms with van der Waals surface area (Å²) in [5.74, 6) is 4.24. The van der Waals surface area contributed by atoms with Gasteiger partial charge < -0.3 is 15.5 Å². The van der Waals surface area contributed by atoms with Crippen molar-refractivity contribution in [2.24, 2.45) is 0 Å². The quantitative estimate of drug-likeness (QED) is 0.640. The number of thioether (sulfide) groups is 2. The topological polar surface area (TPSA) is 52.5 Å². The lowest BCUT2D eigenvalue weighted by Gasteiger charge is -2.02. The monoisotopic (exact) mass is 297 g/mol. The van der Waals surface area contributed by atoms with Crippen molar-refractivity contribution in [2.75, 3.05) is 36.1 Å². The van der Waals surface area contributed by atoms with Gasteiger partial charge in [0.1, 0.15) is 0 Å². The minimum absolute atomic E-state index is 0. The van der Waals surface area contributed by atoms with Gasteiger partial charge in [-0.05, 0) is 18.6 Å². The molecule has 2 fully saturated rings. The van der Waals surface area contributed by atoms with Crippen LogP contribution in [0.4, 0.5) is 0 Å². The first-order chi connectivity index (χ1) is 7.79. The van der Waals surface area contributed by atoms with Gasteiger partial charge in [-0.2, -0.15) is 23.5 Å². The molecule has 2 heterocycles. The molecular weight excluding hydrogens is 266 g/mol. The van der Waals surface area contributed by atoms with E-state index in [1.165, 1.54) is 18.6 Å². The zero-order chi connectivity index (χ0) is 11.6.